The first kappa shape index (κ1) is 22.8. The first-order valence-electron chi connectivity index (χ1n) is 10.8. The minimum Gasteiger partial charge on any atom is -0.489 e. The summed E-state index contributed by atoms with van der Waals surface area (Å²) in [5.41, 5.74) is 4.76. The number of aromatic nitrogens is 1. The summed E-state index contributed by atoms with van der Waals surface area (Å²) in [6.07, 6.45) is 0. The van der Waals surface area contributed by atoms with Crippen LogP contribution in [0.25, 0.3) is 11.1 Å². The highest BCUT2D eigenvalue weighted by molar-refractivity contribution is 5.95. The van der Waals surface area contributed by atoms with Crippen LogP contribution >= 0.6 is 0 Å². The SMILES string of the molecule is Cc1noc(C)c1COc1ccc(C(=O)OCC(=O)Nc2ccc(-c3ccccc3)cc2)cc1. The third-order valence-electron chi connectivity index (χ3n) is 5.26. The summed E-state index contributed by atoms with van der Waals surface area (Å²) < 4.78 is 16.0. The molecule has 3 aromatic carbocycles. The molecular weight excluding hydrogens is 432 g/mol. The van der Waals surface area contributed by atoms with Gasteiger partial charge in [-0.2, -0.15) is 0 Å². The van der Waals surface area contributed by atoms with Crippen molar-refractivity contribution < 1.29 is 23.6 Å². The van der Waals surface area contributed by atoms with Crippen LogP contribution in [0.1, 0.15) is 27.4 Å². The van der Waals surface area contributed by atoms with Crippen molar-refractivity contribution in [3.63, 3.8) is 0 Å². The minimum absolute atomic E-state index is 0.317. The van der Waals surface area contributed by atoms with Crippen molar-refractivity contribution in [2.75, 3.05) is 11.9 Å². The molecule has 34 heavy (non-hydrogen) atoms. The lowest BCUT2D eigenvalue weighted by molar-refractivity contribution is -0.119. The Bertz CT molecular complexity index is 1240. The van der Waals surface area contributed by atoms with Gasteiger partial charge in [-0.1, -0.05) is 47.6 Å². The number of esters is 1. The molecule has 4 aromatic rings. The topological polar surface area (TPSA) is 90.7 Å². The van der Waals surface area contributed by atoms with Gasteiger partial charge in [0.25, 0.3) is 5.91 Å². The molecule has 0 atom stereocenters. The number of ether oxygens (including phenoxy) is 2. The second-order valence-corrected chi connectivity index (χ2v) is 7.68. The Hall–Kier alpha value is -4.39. The summed E-state index contributed by atoms with van der Waals surface area (Å²) >= 11 is 0. The number of aryl methyl sites for hydroxylation is 2. The van der Waals surface area contributed by atoms with Gasteiger partial charge in [-0.25, -0.2) is 4.79 Å². The molecule has 0 radical (unpaired) electrons. The normalized spacial score (nSPS) is 10.5. The number of nitrogens with zero attached hydrogens (tertiary/aromatic N) is 1. The molecule has 0 fully saturated rings. The molecule has 0 spiro atoms. The molecule has 7 nitrogen and oxygen atoms in total. The number of benzene rings is 3. The van der Waals surface area contributed by atoms with E-state index in [9.17, 15) is 9.59 Å². The van der Waals surface area contributed by atoms with E-state index in [4.69, 9.17) is 14.0 Å². The number of carbonyl (C=O) groups is 2. The van der Waals surface area contributed by atoms with Crippen molar-refractivity contribution >= 4 is 17.6 Å². The minimum atomic E-state index is -0.591. The number of carbonyl (C=O) groups excluding carboxylic acids is 2. The molecule has 4 rings (SSSR count). The van der Waals surface area contributed by atoms with Crippen LogP contribution in [0, 0.1) is 13.8 Å². The maximum Gasteiger partial charge on any atom is 0.338 e. The van der Waals surface area contributed by atoms with Gasteiger partial charge in [-0.3, -0.25) is 4.79 Å². The van der Waals surface area contributed by atoms with Gasteiger partial charge in [0, 0.05) is 5.69 Å². The Morgan fingerprint density at radius 2 is 1.56 bits per heavy atom. The molecule has 1 amide bonds. The van der Waals surface area contributed by atoms with E-state index in [-0.39, 0.29) is 6.61 Å². The van der Waals surface area contributed by atoms with Crippen molar-refractivity contribution in [2.45, 2.75) is 20.5 Å². The van der Waals surface area contributed by atoms with Crippen molar-refractivity contribution in [3.8, 4) is 16.9 Å². The van der Waals surface area contributed by atoms with Crippen LogP contribution in [0.4, 0.5) is 5.69 Å². The van der Waals surface area contributed by atoms with E-state index in [1.54, 1.807) is 24.3 Å². The van der Waals surface area contributed by atoms with Gasteiger partial charge in [0.1, 0.15) is 18.1 Å². The van der Waals surface area contributed by atoms with Crippen LogP contribution in [0.5, 0.6) is 5.75 Å². The molecule has 0 saturated heterocycles. The number of anilines is 1. The molecule has 7 heteroatoms. The number of nitrogens with one attached hydrogen (secondary N) is 1. The van der Waals surface area contributed by atoms with E-state index in [2.05, 4.69) is 10.5 Å². The summed E-state index contributed by atoms with van der Waals surface area (Å²) in [6.45, 7) is 3.61. The highest BCUT2D eigenvalue weighted by Gasteiger charge is 2.12. The second-order valence-electron chi connectivity index (χ2n) is 7.68. The van der Waals surface area contributed by atoms with Crippen LogP contribution in [0.3, 0.4) is 0 Å². The average molecular weight is 456 g/mol. The average Bonchev–Trinajstić information content (AvgIpc) is 3.19. The lowest BCUT2D eigenvalue weighted by Crippen LogP contribution is -2.20. The third-order valence-corrected chi connectivity index (χ3v) is 5.26. The molecule has 0 aliphatic heterocycles. The fraction of sp³-hybridized carbons (Fsp3) is 0.148. The fourth-order valence-corrected chi connectivity index (χ4v) is 3.34. The fourth-order valence-electron chi connectivity index (χ4n) is 3.34. The molecule has 1 aromatic heterocycles. The monoisotopic (exact) mass is 456 g/mol. The zero-order chi connectivity index (χ0) is 23.9. The zero-order valence-corrected chi connectivity index (χ0v) is 18.9. The van der Waals surface area contributed by atoms with E-state index in [0.29, 0.717) is 29.4 Å². The lowest BCUT2D eigenvalue weighted by Gasteiger charge is -2.09. The van der Waals surface area contributed by atoms with Gasteiger partial charge in [0.2, 0.25) is 0 Å². The third kappa shape index (κ3) is 5.69. The summed E-state index contributed by atoms with van der Waals surface area (Å²) in [6, 6.07) is 23.9. The quantitative estimate of drug-likeness (QED) is 0.360. The summed E-state index contributed by atoms with van der Waals surface area (Å²) in [5.74, 6) is 0.295. The highest BCUT2D eigenvalue weighted by Crippen LogP contribution is 2.21. The number of hydrogen-bond acceptors (Lipinski definition) is 6. The van der Waals surface area contributed by atoms with Crippen LogP contribution in [-0.4, -0.2) is 23.6 Å². The lowest BCUT2D eigenvalue weighted by atomic mass is 10.1. The molecule has 0 unspecified atom stereocenters. The summed E-state index contributed by atoms with van der Waals surface area (Å²) in [4.78, 5) is 24.5. The number of hydrogen-bond donors (Lipinski definition) is 1. The van der Waals surface area contributed by atoms with Crippen LogP contribution in [-0.2, 0) is 16.1 Å². The molecule has 1 N–H and O–H groups in total. The van der Waals surface area contributed by atoms with Crippen LogP contribution in [0.15, 0.2) is 83.4 Å². The Balaban J connectivity index is 1.25. The predicted octanol–water partition coefficient (Wildman–Crippen LogP) is 5.33. The van der Waals surface area contributed by atoms with Gasteiger partial charge in [-0.05, 0) is 61.4 Å². The molecule has 172 valence electrons. The molecule has 1 heterocycles. The van der Waals surface area contributed by atoms with Crippen molar-refractivity contribution in [3.05, 3.63) is 101 Å². The number of rotatable bonds is 8. The predicted molar refractivity (Wildman–Crippen MR) is 128 cm³/mol. The summed E-state index contributed by atoms with van der Waals surface area (Å²) in [7, 11) is 0. The maximum atomic E-state index is 12.3. The zero-order valence-electron chi connectivity index (χ0n) is 18.9. The molecular formula is C27H24N2O5. The van der Waals surface area contributed by atoms with E-state index in [0.717, 1.165) is 22.4 Å². The maximum absolute atomic E-state index is 12.3. The second kappa shape index (κ2) is 10.5. The van der Waals surface area contributed by atoms with Gasteiger partial charge in [0.05, 0.1) is 16.8 Å². The Kier molecular flexibility index (Phi) is 7.03. The smallest absolute Gasteiger partial charge is 0.338 e. The molecule has 0 aliphatic carbocycles. The number of amides is 1. The van der Waals surface area contributed by atoms with E-state index < -0.39 is 11.9 Å². The van der Waals surface area contributed by atoms with E-state index in [1.165, 1.54) is 0 Å². The largest absolute Gasteiger partial charge is 0.489 e. The van der Waals surface area contributed by atoms with E-state index >= 15 is 0 Å². The molecule has 0 saturated carbocycles. The molecule has 0 aliphatic rings. The highest BCUT2D eigenvalue weighted by atomic mass is 16.5. The Labute approximate surface area is 197 Å². The van der Waals surface area contributed by atoms with Crippen LogP contribution in [0.2, 0.25) is 0 Å². The standard InChI is InChI=1S/C27H24N2O5/c1-18-25(19(2)34-29-18)16-32-24-14-10-22(11-15-24)27(31)33-17-26(30)28-23-12-8-21(9-13-23)20-6-4-3-5-7-20/h3-15H,16-17H2,1-2H3,(H,28,30). The van der Waals surface area contributed by atoms with Gasteiger partial charge >= 0.3 is 5.97 Å². The van der Waals surface area contributed by atoms with Crippen molar-refractivity contribution in [1.29, 1.82) is 0 Å². The van der Waals surface area contributed by atoms with Gasteiger partial charge < -0.3 is 19.3 Å². The molecule has 0 bridgehead atoms. The summed E-state index contributed by atoms with van der Waals surface area (Å²) in [5, 5.41) is 6.62. The van der Waals surface area contributed by atoms with Crippen molar-refractivity contribution in [2.24, 2.45) is 0 Å². The Morgan fingerprint density at radius 3 is 2.21 bits per heavy atom. The van der Waals surface area contributed by atoms with E-state index in [1.807, 2.05) is 68.4 Å². The first-order valence-corrected chi connectivity index (χ1v) is 10.8. The Morgan fingerprint density at radius 1 is 0.882 bits per heavy atom. The first-order chi connectivity index (χ1) is 16.5. The van der Waals surface area contributed by atoms with Crippen LogP contribution < -0.4 is 10.1 Å². The van der Waals surface area contributed by atoms with Crippen molar-refractivity contribution in [1.82, 2.24) is 5.16 Å². The van der Waals surface area contributed by atoms with Gasteiger partial charge in [-0.15, -0.1) is 0 Å². The van der Waals surface area contributed by atoms with Gasteiger partial charge in [0.15, 0.2) is 6.61 Å².